The van der Waals surface area contributed by atoms with Gasteiger partial charge in [-0.2, -0.15) is 0 Å². The zero-order valence-electron chi connectivity index (χ0n) is 54.7. The molecule has 0 aliphatic heterocycles. The lowest BCUT2D eigenvalue weighted by Gasteiger charge is -2.15. The molecule has 13 aromatic rings. The zero-order valence-corrected chi connectivity index (χ0v) is 32.7. The molecule has 294 valence electrons. The summed E-state index contributed by atoms with van der Waals surface area (Å²) in [4.78, 5) is 0. The summed E-state index contributed by atoms with van der Waals surface area (Å²) in [6, 6.07) is 14.9. The maximum absolute atomic E-state index is 10.2. The summed E-state index contributed by atoms with van der Waals surface area (Å²) >= 11 is 0. The normalized spacial score (nSPS) is 16.7. The minimum Gasteiger partial charge on any atom is -0.309 e. The van der Waals surface area contributed by atoms with Gasteiger partial charge in [0.1, 0.15) is 0 Å². The molecule has 0 N–H and O–H groups in total. The Morgan fingerprint density at radius 2 is 0.730 bits per heavy atom. The van der Waals surface area contributed by atoms with Crippen LogP contribution in [-0.4, -0.2) is 13.7 Å². The Bertz CT molecular complexity index is 5130. The highest BCUT2D eigenvalue weighted by Crippen LogP contribution is 2.42. The van der Waals surface area contributed by atoms with E-state index in [9.17, 15) is 16.4 Å². The van der Waals surface area contributed by atoms with Crippen molar-refractivity contribution in [2.75, 3.05) is 0 Å². The Morgan fingerprint density at radius 1 is 0.286 bits per heavy atom. The molecule has 0 saturated heterocycles. The summed E-state index contributed by atoms with van der Waals surface area (Å²) in [6.45, 7) is 0. The molecule has 0 bridgehead atoms. The number of fused-ring (bicyclic) bond motifs is 9. The van der Waals surface area contributed by atoms with Crippen LogP contribution in [0.1, 0.15) is 30.2 Å². The minimum atomic E-state index is -0.938. The van der Waals surface area contributed by atoms with Gasteiger partial charge in [-0.15, -0.1) is 0 Å². The predicted octanol–water partition coefficient (Wildman–Crippen LogP) is 16.0. The summed E-state index contributed by atoms with van der Waals surface area (Å²) in [6.07, 6.45) is 0. The fourth-order valence-electron chi connectivity index (χ4n) is 8.68. The van der Waals surface area contributed by atoms with Crippen molar-refractivity contribution in [3.05, 3.63) is 236 Å². The van der Waals surface area contributed by atoms with Gasteiger partial charge in [0, 0.05) is 43.7 Å². The molecule has 0 unspecified atom stereocenters. The molecule has 13 rings (SSSR count). The van der Waals surface area contributed by atoms with Crippen molar-refractivity contribution < 1.29 is 30.2 Å². The highest BCUT2D eigenvalue weighted by atomic mass is 15.0. The summed E-state index contributed by atoms with van der Waals surface area (Å²) in [5.41, 5.74) is 0.878. The highest BCUT2D eigenvalue weighted by molar-refractivity contribution is 6.17. The maximum Gasteiger partial charge on any atom is 0.0652 e. The second-order valence-electron chi connectivity index (χ2n) is 14.9. The van der Waals surface area contributed by atoms with Crippen LogP contribution in [0.3, 0.4) is 0 Å². The first-order valence-electron chi connectivity index (χ1n) is 30.9. The largest absolute Gasteiger partial charge is 0.309 e. The van der Waals surface area contributed by atoms with Gasteiger partial charge < -0.3 is 13.7 Å². The van der Waals surface area contributed by atoms with E-state index < -0.39 is 188 Å². The van der Waals surface area contributed by atoms with Gasteiger partial charge in [0.05, 0.1) is 68.9 Å². The molecule has 0 amide bonds. The first-order valence-corrected chi connectivity index (χ1v) is 19.9. The summed E-state index contributed by atoms with van der Waals surface area (Å²) in [5, 5.41) is -2.46. The van der Waals surface area contributed by atoms with Crippen LogP contribution in [0.4, 0.5) is 0 Å². The molecular formula is C60H39N3. The van der Waals surface area contributed by atoms with Crippen molar-refractivity contribution in [2.24, 2.45) is 0 Å². The average Bonchev–Trinajstić information content (AvgIpc) is 1.59. The van der Waals surface area contributed by atoms with E-state index in [1.807, 2.05) is 91.0 Å². The van der Waals surface area contributed by atoms with Crippen molar-refractivity contribution in [2.45, 2.75) is 0 Å². The van der Waals surface area contributed by atoms with Gasteiger partial charge in [0.25, 0.3) is 0 Å². The number of nitrogens with zero attached hydrogens (tertiary/aromatic N) is 3. The molecule has 0 spiro atoms. The molecule has 0 saturated carbocycles. The molecule has 0 aliphatic carbocycles. The van der Waals surface area contributed by atoms with E-state index in [4.69, 9.17) is 13.7 Å². The minimum absolute atomic E-state index is 0.224. The number of hydrogen-bond donors (Lipinski definition) is 0. The van der Waals surface area contributed by atoms with Crippen LogP contribution in [0.15, 0.2) is 236 Å². The van der Waals surface area contributed by atoms with Gasteiger partial charge in [0.2, 0.25) is 0 Å². The number of para-hydroxylation sites is 4. The molecule has 3 heterocycles. The van der Waals surface area contributed by atoms with Gasteiger partial charge >= 0.3 is 0 Å². The van der Waals surface area contributed by atoms with E-state index in [2.05, 4.69) is 0 Å². The molecular weight excluding hydrogens is 763 g/mol. The van der Waals surface area contributed by atoms with Crippen LogP contribution in [0, 0.1) is 0 Å². The Kier molecular flexibility index (Phi) is 4.47. The average molecular weight is 824 g/mol. The van der Waals surface area contributed by atoms with Crippen molar-refractivity contribution in [3.8, 4) is 50.4 Å². The number of rotatable bonds is 6. The molecule has 0 atom stereocenters. The van der Waals surface area contributed by atoms with E-state index in [1.54, 1.807) is 12.1 Å². The number of aromatic nitrogens is 3. The third kappa shape index (κ3) is 5.53. The van der Waals surface area contributed by atoms with E-state index in [-0.39, 0.29) is 27.5 Å². The van der Waals surface area contributed by atoms with Gasteiger partial charge in [-0.25, -0.2) is 0 Å². The lowest BCUT2D eigenvalue weighted by atomic mass is 9.95. The van der Waals surface area contributed by atoms with Crippen LogP contribution < -0.4 is 0 Å². The SMILES string of the molecule is [2H]c1c([2H])c([2H])c2c(c1[2H])c1c(-n3c4c([2H])c([2H])c([2H])c([2H])c4c4c([2H])c(-n5c6c([2H])c([2H])c([2H])c([2H])c6c6c([2H])c([2H])c([2H])c([2H])c65)c([2H])c([2H])c43)c([2H])c([2H])c([2H])c1n2-c1cc(-c2ccccc2)cc(-c2cccc(-c3ccccc3)c2)c1. The Hall–Kier alpha value is -8.40. The van der Waals surface area contributed by atoms with E-state index >= 15 is 0 Å². The van der Waals surface area contributed by atoms with E-state index in [1.165, 1.54) is 4.57 Å². The summed E-state index contributed by atoms with van der Waals surface area (Å²) in [7, 11) is 0. The van der Waals surface area contributed by atoms with Crippen molar-refractivity contribution >= 4 is 65.4 Å². The van der Waals surface area contributed by atoms with Crippen molar-refractivity contribution in [1.82, 2.24) is 13.7 Å². The second kappa shape index (κ2) is 14.1. The lowest BCUT2D eigenvalue weighted by Crippen LogP contribution is -1.98. The standard InChI is InChI=1S/C60H39N3/c1-3-17-40(18-4-1)42-21-15-22-43(35-42)45-36-44(41-19-5-2-6-20-41)37-47(38-45)62-56-30-14-10-26-51(56)60-58(62)31-16-32-59(60)63-55-29-13-9-25-50(55)52-39-46(33-34-57(52)63)61-53-27-11-7-23-48(53)49-24-8-12-28-54(49)61/h1-39H/i7D,8D,9D,10D,11D,12D,13D,14D,16D,23D,24D,25D,26D,27D,28D,29D,30D,31D,32D,33D,34D,39D. The molecule has 0 fully saturated rings. The topological polar surface area (TPSA) is 14.8 Å². The molecule has 0 aliphatic rings. The molecule has 3 aromatic heterocycles. The monoisotopic (exact) mass is 823 g/mol. The first-order chi connectivity index (χ1) is 40.4. The van der Waals surface area contributed by atoms with E-state index in [0.29, 0.717) is 11.1 Å². The molecule has 3 heteroatoms. The molecule has 63 heavy (non-hydrogen) atoms. The Morgan fingerprint density at radius 3 is 1.38 bits per heavy atom. The third-order valence-electron chi connectivity index (χ3n) is 11.4. The predicted molar refractivity (Wildman–Crippen MR) is 266 cm³/mol. The van der Waals surface area contributed by atoms with Gasteiger partial charge in [-0.3, -0.25) is 0 Å². The number of benzene rings is 10. The summed E-state index contributed by atoms with van der Waals surface area (Å²) < 4.78 is 208. The molecule has 10 aromatic carbocycles. The van der Waals surface area contributed by atoms with Crippen LogP contribution in [0.5, 0.6) is 0 Å². The molecule has 3 nitrogen and oxygen atoms in total. The van der Waals surface area contributed by atoms with E-state index in [0.717, 1.165) is 31.4 Å². The smallest absolute Gasteiger partial charge is 0.0652 e. The molecule has 0 radical (unpaired) electrons. The second-order valence-corrected chi connectivity index (χ2v) is 14.9. The van der Waals surface area contributed by atoms with Crippen molar-refractivity contribution in [1.29, 1.82) is 0 Å². The summed E-state index contributed by atoms with van der Waals surface area (Å²) in [5.74, 6) is 0. The zero-order chi connectivity index (χ0) is 60.6. The van der Waals surface area contributed by atoms with Gasteiger partial charge in [-0.05, 0) is 112 Å². The van der Waals surface area contributed by atoms with Gasteiger partial charge in [0.15, 0.2) is 0 Å². The van der Waals surface area contributed by atoms with Gasteiger partial charge in [-0.1, -0.05) is 157 Å². The van der Waals surface area contributed by atoms with Crippen LogP contribution in [0.2, 0.25) is 0 Å². The fraction of sp³-hybridized carbons (Fsp3) is 0. The first kappa shape index (κ1) is 20.0. The van der Waals surface area contributed by atoms with Crippen LogP contribution in [0.25, 0.3) is 116 Å². The Labute approximate surface area is 395 Å². The Balaban J connectivity index is 1.23. The van der Waals surface area contributed by atoms with Crippen molar-refractivity contribution in [3.63, 3.8) is 0 Å². The number of hydrogen-bond acceptors (Lipinski definition) is 0. The lowest BCUT2D eigenvalue weighted by molar-refractivity contribution is 1.16. The van der Waals surface area contributed by atoms with Crippen LogP contribution >= 0.6 is 0 Å². The highest BCUT2D eigenvalue weighted by Gasteiger charge is 2.21. The quantitative estimate of drug-likeness (QED) is 0.159. The fourth-order valence-corrected chi connectivity index (χ4v) is 8.68. The van der Waals surface area contributed by atoms with Crippen LogP contribution in [-0.2, 0) is 0 Å². The third-order valence-corrected chi connectivity index (χ3v) is 11.4. The maximum atomic E-state index is 10.2.